The van der Waals surface area contributed by atoms with Crippen LogP contribution in [0.25, 0.3) is 0 Å². The van der Waals surface area contributed by atoms with E-state index in [2.05, 4.69) is 0 Å². The van der Waals surface area contributed by atoms with Gasteiger partial charge >= 0.3 is 12.2 Å². The van der Waals surface area contributed by atoms with Crippen LogP contribution < -0.4 is 0 Å². The fourth-order valence-electron chi connectivity index (χ4n) is 0.0898. The van der Waals surface area contributed by atoms with Crippen molar-refractivity contribution in [2.45, 2.75) is 12.2 Å². The maximum Gasteiger partial charge on any atom is 0.481 e. The maximum atomic E-state index is 11.2. The first-order valence-electron chi connectivity index (χ1n) is 1.72. The second-order valence-corrected chi connectivity index (χ2v) is 1.19. The molecule has 0 aliphatic carbocycles. The molecule has 0 spiro atoms. The lowest BCUT2D eigenvalue weighted by atomic mass is 10.6. The molecule has 0 fully saturated rings. The SMILES string of the molecule is FOC(F)(F)C(F)(F)OF. The van der Waals surface area contributed by atoms with Gasteiger partial charge in [0.05, 0.1) is 0 Å². The Morgan fingerprint density at radius 1 is 0.700 bits per heavy atom. The normalized spacial score (nSPS) is 13.8. The smallest absolute Gasteiger partial charge is 0.164 e. The van der Waals surface area contributed by atoms with Crippen molar-refractivity contribution >= 4 is 0 Å². The van der Waals surface area contributed by atoms with Crippen molar-refractivity contribution in [3.05, 3.63) is 0 Å². The maximum absolute atomic E-state index is 11.2. The van der Waals surface area contributed by atoms with Crippen LogP contribution in [0.3, 0.4) is 0 Å². The zero-order chi connectivity index (χ0) is 8.41. The summed E-state index contributed by atoms with van der Waals surface area (Å²) in [4.78, 5) is 2.89. The summed E-state index contributed by atoms with van der Waals surface area (Å²) >= 11 is 0. The summed E-state index contributed by atoms with van der Waals surface area (Å²) < 4.78 is 65.8. The molecule has 2 nitrogen and oxygen atoms in total. The van der Waals surface area contributed by atoms with Gasteiger partial charge in [0.25, 0.3) is 0 Å². The zero-order valence-corrected chi connectivity index (χ0v) is 4.08. The topological polar surface area (TPSA) is 18.5 Å². The highest BCUT2D eigenvalue weighted by Gasteiger charge is 2.63. The van der Waals surface area contributed by atoms with Gasteiger partial charge in [0.15, 0.2) is 0 Å². The molecule has 0 aliphatic heterocycles. The summed E-state index contributed by atoms with van der Waals surface area (Å²) in [5.41, 5.74) is 0. The van der Waals surface area contributed by atoms with Crippen molar-refractivity contribution < 1.29 is 36.5 Å². The predicted molar refractivity (Wildman–Crippen MR) is 14.3 cm³/mol. The molecule has 0 rings (SSSR count). The van der Waals surface area contributed by atoms with E-state index in [9.17, 15) is 26.6 Å². The Labute approximate surface area is 50.1 Å². The number of rotatable bonds is 3. The third-order valence-corrected chi connectivity index (χ3v) is 0.533. The molecule has 62 valence electrons. The Hall–Kier alpha value is -0.500. The van der Waals surface area contributed by atoms with Crippen LogP contribution in [-0.2, 0) is 9.88 Å². The third kappa shape index (κ3) is 1.51. The number of hydrogen-bond acceptors (Lipinski definition) is 2. The van der Waals surface area contributed by atoms with Gasteiger partial charge in [-0.05, 0) is 9.05 Å². The van der Waals surface area contributed by atoms with Gasteiger partial charge in [0.2, 0.25) is 0 Å². The molecular weight excluding hydrogens is 170 g/mol. The highest BCUT2D eigenvalue weighted by atomic mass is 19.4. The second kappa shape index (κ2) is 2.62. The van der Waals surface area contributed by atoms with Gasteiger partial charge in [0.1, 0.15) is 0 Å². The van der Waals surface area contributed by atoms with E-state index < -0.39 is 12.2 Å². The highest BCUT2D eigenvalue weighted by molar-refractivity contribution is 4.61. The zero-order valence-electron chi connectivity index (χ0n) is 4.08. The molecule has 8 heteroatoms. The lowest BCUT2D eigenvalue weighted by Gasteiger charge is -2.16. The van der Waals surface area contributed by atoms with E-state index in [1.165, 1.54) is 9.88 Å². The quantitative estimate of drug-likeness (QED) is 0.602. The first-order valence-corrected chi connectivity index (χ1v) is 1.72. The predicted octanol–water partition coefficient (Wildman–Crippen LogP) is 1.97. The second-order valence-electron chi connectivity index (χ2n) is 1.19. The third-order valence-electron chi connectivity index (χ3n) is 0.533. The summed E-state index contributed by atoms with van der Waals surface area (Å²) in [6, 6.07) is 0. The van der Waals surface area contributed by atoms with Gasteiger partial charge < -0.3 is 0 Å². The molecule has 0 radical (unpaired) electrons. The van der Waals surface area contributed by atoms with Gasteiger partial charge in [-0.3, -0.25) is 0 Å². The molecule has 0 aromatic rings. The average molecular weight is 170 g/mol. The minimum absolute atomic E-state index is 1.44. The average Bonchev–Trinajstić information content (AvgIpc) is 1.88. The van der Waals surface area contributed by atoms with Crippen LogP contribution in [0, 0.1) is 0 Å². The Kier molecular flexibility index (Phi) is 2.49. The van der Waals surface area contributed by atoms with Gasteiger partial charge in [-0.25, -0.2) is 0 Å². The van der Waals surface area contributed by atoms with E-state index in [0.717, 1.165) is 0 Å². The summed E-state index contributed by atoms with van der Waals surface area (Å²) in [6.07, 6.45) is -11.2. The van der Waals surface area contributed by atoms with Crippen molar-refractivity contribution in [3.63, 3.8) is 0 Å². The molecule has 0 aromatic carbocycles. The number of alkyl halides is 4. The lowest BCUT2D eigenvalue weighted by Crippen LogP contribution is -2.41. The molecule has 0 unspecified atom stereocenters. The molecule has 0 heterocycles. The van der Waals surface area contributed by atoms with E-state index in [1.807, 2.05) is 0 Å². The first-order chi connectivity index (χ1) is 4.37. The molecule has 0 bridgehead atoms. The first kappa shape index (κ1) is 9.50. The molecule has 0 saturated heterocycles. The van der Waals surface area contributed by atoms with Crippen LogP contribution in [0.15, 0.2) is 0 Å². The fourth-order valence-corrected chi connectivity index (χ4v) is 0.0898. The van der Waals surface area contributed by atoms with Crippen molar-refractivity contribution in [2.75, 3.05) is 0 Å². The summed E-state index contributed by atoms with van der Waals surface area (Å²) in [5.74, 6) is 0. The minimum atomic E-state index is -5.61. The van der Waals surface area contributed by atoms with E-state index in [4.69, 9.17) is 0 Å². The van der Waals surface area contributed by atoms with E-state index in [1.54, 1.807) is 0 Å². The monoisotopic (exact) mass is 170 g/mol. The summed E-state index contributed by atoms with van der Waals surface area (Å²) in [7, 11) is 0. The van der Waals surface area contributed by atoms with Crippen LogP contribution in [0.5, 0.6) is 0 Å². The van der Waals surface area contributed by atoms with Crippen molar-refractivity contribution in [1.29, 1.82) is 0 Å². The van der Waals surface area contributed by atoms with Gasteiger partial charge in [-0.1, -0.05) is 0 Å². The lowest BCUT2D eigenvalue weighted by molar-refractivity contribution is -0.515. The fraction of sp³-hybridized carbons (Fsp3) is 1.00. The standard InChI is InChI=1S/C2F6O2/c3-1(4,9-7)2(5,6)10-8. The molecule has 0 amide bonds. The van der Waals surface area contributed by atoms with Crippen LogP contribution in [-0.4, -0.2) is 12.2 Å². The Morgan fingerprint density at radius 2 is 0.900 bits per heavy atom. The van der Waals surface area contributed by atoms with Gasteiger partial charge in [-0.2, -0.15) is 17.6 Å². The molecule has 0 aliphatic rings. The van der Waals surface area contributed by atoms with Crippen LogP contribution in [0.2, 0.25) is 0 Å². The van der Waals surface area contributed by atoms with Gasteiger partial charge in [0, 0.05) is 0 Å². The Balaban J connectivity index is 4.28. The highest BCUT2D eigenvalue weighted by Crippen LogP contribution is 2.36. The Bertz CT molecular complexity index is 98.3. The largest absolute Gasteiger partial charge is 0.481 e. The van der Waals surface area contributed by atoms with E-state index in [-0.39, 0.29) is 0 Å². The molecule has 10 heavy (non-hydrogen) atoms. The summed E-state index contributed by atoms with van der Waals surface area (Å²) in [6.45, 7) is 0. The van der Waals surface area contributed by atoms with Crippen LogP contribution in [0.4, 0.5) is 26.6 Å². The van der Waals surface area contributed by atoms with Crippen LogP contribution in [0.1, 0.15) is 0 Å². The molecule has 0 N–H and O–H groups in total. The van der Waals surface area contributed by atoms with Crippen LogP contribution >= 0.6 is 0 Å². The molecular formula is C2F6O2. The Morgan fingerprint density at radius 3 is 1.00 bits per heavy atom. The van der Waals surface area contributed by atoms with Crippen molar-refractivity contribution in [3.8, 4) is 0 Å². The minimum Gasteiger partial charge on any atom is -0.164 e. The molecule has 0 saturated carbocycles. The number of hydrogen-bond donors (Lipinski definition) is 0. The molecule has 0 aromatic heterocycles. The summed E-state index contributed by atoms with van der Waals surface area (Å²) in [5, 5.41) is 0. The number of halogens is 6. The van der Waals surface area contributed by atoms with Crippen molar-refractivity contribution in [1.82, 2.24) is 0 Å². The molecule has 0 atom stereocenters. The van der Waals surface area contributed by atoms with Crippen molar-refractivity contribution in [2.24, 2.45) is 0 Å². The van der Waals surface area contributed by atoms with E-state index in [0.29, 0.717) is 0 Å². The van der Waals surface area contributed by atoms with E-state index >= 15 is 0 Å². The van der Waals surface area contributed by atoms with Gasteiger partial charge in [-0.15, -0.1) is 9.88 Å².